The molecule has 0 aromatic heterocycles. The molecule has 12 N–H and O–H groups in total. The van der Waals surface area contributed by atoms with Crippen LogP contribution in [0.15, 0.2) is 134 Å². The van der Waals surface area contributed by atoms with Gasteiger partial charge in [0.05, 0.1) is 38.6 Å². The van der Waals surface area contributed by atoms with Crippen molar-refractivity contribution in [2.45, 2.75) is 279 Å². The van der Waals surface area contributed by atoms with E-state index in [0.717, 1.165) is 122 Å². The summed E-state index contributed by atoms with van der Waals surface area (Å²) in [7, 11) is 0. The van der Waals surface area contributed by atoms with Gasteiger partial charge >= 0.3 is 0 Å². The van der Waals surface area contributed by atoms with Gasteiger partial charge in [0, 0.05) is 6.42 Å². The molecule has 17 unspecified atom stereocenters. The molecule has 19 nitrogen and oxygen atoms in total. The van der Waals surface area contributed by atoms with Gasteiger partial charge in [0.15, 0.2) is 18.9 Å². The molecule has 3 fully saturated rings. The van der Waals surface area contributed by atoms with E-state index in [1.54, 1.807) is 6.08 Å². The van der Waals surface area contributed by atoms with Crippen molar-refractivity contribution in [3.63, 3.8) is 0 Å². The molecule has 0 saturated carbocycles. The van der Waals surface area contributed by atoms with E-state index >= 15 is 0 Å². The molecule has 3 saturated heterocycles. The van der Waals surface area contributed by atoms with E-state index in [1.807, 2.05) is 6.08 Å². The first-order chi connectivity index (χ1) is 43.8. The number of hydrogen-bond donors (Lipinski definition) is 12. The fraction of sp³-hybridized carbons (Fsp3) is 0.676. The van der Waals surface area contributed by atoms with Crippen LogP contribution in [0.1, 0.15) is 174 Å². The van der Waals surface area contributed by atoms with Crippen LogP contribution >= 0.6 is 0 Å². The van der Waals surface area contributed by atoms with Crippen LogP contribution in [-0.4, -0.2) is 193 Å². The standard InChI is InChI=1S/C71H115NO18/c1-3-5-7-9-11-13-15-16-17-18-19-20-21-22-23-24-25-26-27-28-29-30-31-32-33-34-35-36-37-38-39-41-43-45-47-49-59(77)72-54(55(76)48-46-44-42-40-14-12-10-8-6-4-2)53-85-69-65(83)62(80)67(57(51-74)87-69)90-71-66(84)63(81)68(58(52-75)88-71)89-70-64(82)61(79)60(78)56(50-73)86-70/h5,7,11,13-14,16-17,19-20,22-23,25-26,28-29,31-32,34-35,40,46,48,54-58,60-71,73-76,78-84H,3-4,6,8-10,12,15,18,21,24,27,30,33,36-39,41-45,47,49-53H2,1-2H3,(H,72,77)/b7-5-,13-11-,17-16-,20-19-,23-22-,26-25-,29-28-,32-31-,35-34-,40-14+,48-46+. The smallest absolute Gasteiger partial charge is 0.220 e. The van der Waals surface area contributed by atoms with Crippen LogP contribution < -0.4 is 5.32 Å². The zero-order valence-electron chi connectivity index (χ0n) is 53.8. The number of allylic oxidation sites excluding steroid dienone is 21. The topological polar surface area (TPSA) is 307 Å². The van der Waals surface area contributed by atoms with Crippen LogP contribution in [-0.2, 0) is 33.2 Å². The zero-order chi connectivity index (χ0) is 65.4. The third-order valence-electron chi connectivity index (χ3n) is 15.7. The van der Waals surface area contributed by atoms with Crippen LogP contribution in [0, 0.1) is 0 Å². The van der Waals surface area contributed by atoms with Gasteiger partial charge in [-0.05, 0) is 103 Å². The Kier molecular flexibility index (Phi) is 45.7. The molecule has 3 rings (SSSR count). The van der Waals surface area contributed by atoms with Gasteiger partial charge in [-0.2, -0.15) is 0 Å². The number of aliphatic hydroxyl groups is 11. The van der Waals surface area contributed by atoms with E-state index in [4.69, 9.17) is 28.4 Å². The quantitative estimate of drug-likeness (QED) is 0.0202. The zero-order valence-corrected chi connectivity index (χ0v) is 53.8. The molecule has 0 spiro atoms. The van der Waals surface area contributed by atoms with Gasteiger partial charge in [-0.1, -0.05) is 199 Å². The monoisotopic (exact) mass is 1270 g/mol. The highest BCUT2D eigenvalue weighted by atomic mass is 16.8. The Morgan fingerprint density at radius 1 is 0.411 bits per heavy atom. The lowest BCUT2D eigenvalue weighted by Gasteiger charge is -2.48. The first kappa shape index (κ1) is 80.2. The van der Waals surface area contributed by atoms with E-state index in [2.05, 4.69) is 141 Å². The van der Waals surface area contributed by atoms with Crippen LogP contribution in [0.5, 0.6) is 0 Å². The highest BCUT2D eigenvalue weighted by molar-refractivity contribution is 5.76. The summed E-state index contributed by atoms with van der Waals surface area (Å²) in [6.07, 6.45) is 44.6. The van der Waals surface area contributed by atoms with Gasteiger partial charge in [0.25, 0.3) is 0 Å². The second kappa shape index (κ2) is 51.4. The minimum Gasteiger partial charge on any atom is -0.394 e. The normalized spacial score (nSPS) is 28.9. The first-order valence-corrected chi connectivity index (χ1v) is 33.4. The third-order valence-corrected chi connectivity index (χ3v) is 15.7. The van der Waals surface area contributed by atoms with Gasteiger partial charge in [0.1, 0.15) is 73.2 Å². The average molecular weight is 1270 g/mol. The second-order valence-electron chi connectivity index (χ2n) is 23.2. The maximum Gasteiger partial charge on any atom is 0.220 e. The number of carbonyl (C=O) groups is 1. The molecule has 512 valence electrons. The predicted octanol–water partition coefficient (Wildman–Crippen LogP) is 8.21. The van der Waals surface area contributed by atoms with Crippen molar-refractivity contribution in [2.24, 2.45) is 0 Å². The van der Waals surface area contributed by atoms with Crippen molar-refractivity contribution in [3.05, 3.63) is 134 Å². The van der Waals surface area contributed by atoms with Crippen LogP contribution in [0.4, 0.5) is 0 Å². The fourth-order valence-corrected chi connectivity index (χ4v) is 10.3. The highest BCUT2D eigenvalue weighted by Gasteiger charge is 2.53. The van der Waals surface area contributed by atoms with Crippen LogP contribution in [0.3, 0.4) is 0 Å². The van der Waals surface area contributed by atoms with E-state index in [-0.39, 0.29) is 18.9 Å². The van der Waals surface area contributed by atoms with Gasteiger partial charge in [0.2, 0.25) is 5.91 Å². The Bertz CT molecular complexity index is 2150. The Morgan fingerprint density at radius 3 is 1.24 bits per heavy atom. The lowest BCUT2D eigenvalue weighted by molar-refractivity contribution is -0.379. The number of ether oxygens (including phenoxy) is 6. The second-order valence-corrected chi connectivity index (χ2v) is 23.2. The SMILES string of the molecule is CC/C=C\C/C=C\C/C=C\C/C=C\C/C=C\C/C=C\C/C=C\C/C=C\C/C=C\CCCCCCCCCC(=O)NC(COC1OC(CO)C(OC2OC(CO)C(OC3OC(CO)C(O)C(O)C3O)C(O)C2O)C(O)C1O)C(O)/C=C/CC/C=C/CCCCCC. The molecule has 0 aromatic rings. The number of rotatable bonds is 48. The van der Waals surface area contributed by atoms with Crippen LogP contribution in [0.25, 0.3) is 0 Å². The lowest BCUT2D eigenvalue weighted by Crippen LogP contribution is -2.66. The minimum absolute atomic E-state index is 0.213. The molecule has 0 bridgehead atoms. The molecule has 0 radical (unpaired) electrons. The average Bonchev–Trinajstić information content (AvgIpc) is 1.08. The summed E-state index contributed by atoms with van der Waals surface area (Å²) < 4.78 is 34.2. The molecule has 3 aliphatic rings. The summed E-state index contributed by atoms with van der Waals surface area (Å²) in [6.45, 7) is 1.50. The first-order valence-electron chi connectivity index (χ1n) is 33.4. The largest absolute Gasteiger partial charge is 0.394 e. The Morgan fingerprint density at radius 2 is 0.778 bits per heavy atom. The van der Waals surface area contributed by atoms with Crippen molar-refractivity contribution in [1.82, 2.24) is 5.32 Å². The van der Waals surface area contributed by atoms with Crippen molar-refractivity contribution in [3.8, 4) is 0 Å². The highest BCUT2D eigenvalue weighted by Crippen LogP contribution is 2.33. The summed E-state index contributed by atoms with van der Waals surface area (Å²) in [6, 6.07) is -1.00. The van der Waals surface area contributed by atoms with Crippen LogP contribution in [0.2, 0.25) is 0 Å². The van der Waals surface area contributed by atoms with Gasteiger partial charge < -0.3 is 89.9 Å². The molecular weight excluding hydrogens is 1150 g/mol. The maximum absolute atomic E-state index is 13.3. The van der Waals surface area contributed by atoms with Gasteiger partial charge in [-0.15, -0.1) is 0 Å². The van der Waals surface area contributed by atoms with E-state index < -0.39 is 124 Å². The lowest BCUT2D eigenvalue weighted by atomic mass is 9.96. The molecule has 0 aromatic carbocycles. The van der Waals surface area contributed by atoms with E-state index in [9.17, 15) is 61.0 Å². The predicted molar refractivity (Wildman–Crippen MR) is 350 cm³/mol. The molecule has 1 amide bonds. The van der Waals surface area contributed by atoms with Crippen molar-refractivity contribution in [1.29, 1.82) is 0 Å². The maximum atomic E-state index is 13.3. The molecular formula is C71H115NO18. The van der Waals surface area contributed by atoms with E-state index in [1.165, 1.54) is 19.3 Å². The minimum atomic E-state index is -1.99. The third kappa shape index (κ3) is 33.2. The van der Waals surface area contributed by atoms with Crippen molar-refractivity contribution >= 4 is 5.91 Å². The Balaban J connectivity index is 1.37. The van der Waals surface area contributed by atoms with Gasteiger partial charge in [-0.3, -0.25) is 4.79 Å². The number of unbranched alkanes of at least 4 members (excludes halogenated alkanes) is 12. The summed E-state index contributed by atoms with van der Waals surface area (Å²) in [4.78, 5) is 13.3. The molecule has 19 heteroatoms. The molecule has 3 heterocycles. The fourth-order valence-electron chi connectivity index (χ4n) is 10.3. The van der Waals surface area contributed by atoms with E-state index in [0.29, 0.717) is 12.8 Å². The molecule has 17 atom stereocenters. The number of hydrogen-bond acceptors (Lipinski definition) is 18. The number of carbonyl (C=O) groups excluding carboxylic acids is 1. The van der Waals surface area contributed by atoms with Gasteiger partial charge in [-0.25, -0.2) is 0 Å². The Labute approximate surface area is 537 Å². The molecule has 3 aliphatic heterocycles. The Hall–Kier alpha value is -4.07. The summed E-state index contributed by atoms with van der Waals surface area (Å²) in [5.41, 5.74) is 0. The number of amides is 1. The summed E-state index contributed by atoms with van der Waals surface area (Å²) in [5, 5.41) is 120. The molecule has 0 aliphatic carbocycles. The summed E-state index contributed by atoms with van der Waals surface area (Å²) >= 11 is 0. The number of nitrogens with one attached hydrogen (secondary N) is 1. The molecule has 90 heavy (non-hydrogen) atoms. The summed E-state index contributed by atoms with van der Waals surface area (Å²) in [5.74, 6) is -0.306. The van der Waals surface area contributed by atoms with Crippen molar-refractivity contribution < 1.29 is 89.4 Å². The van der Waals surface area contributed by atoms with Crippen molar-refractivity contribution in [2.75, 3.05) is 26.4 Å². The number of aliphatic hydroxyl groups excluding tert-OH is 11.